The van der Waals surface area contributed by atoms with Crippen LogP contribution in [0.5, 0.6) is 11.5 Å². The predicted octanol–water partition coefficient (Wildman–Crippen LogP) is 5.93. The van der Waals surface area contributed by atoms with Crippen molar-refractivity contribution in [3.05, 3.63) is 52.8 Å². The number of carbonyl (C=O) groups is 2. The number of nitrogens with zero attached hydrogens (tertiary/aromatic N) is 3. The van der Waals surface area contributed by atoms with E-state index in [-0.39, 0.29) is 34.4 Å². The lowest BCUT2D eigenvalue weighted by Gasteiger charge is -2.15. The maximum atomic E-state index is 15.5. The lowest BCUT2D eigenvalue weighted by molar-refractivity contribution is 0.151. The van der Waals surface area contributed by atoms with Gasteiger partial charge >= 0.3 is 12.2 Å². The Kier molecular flexibility index (Phi) is 12.2. The minimum atomic E-state index is -1.36. The average molecular weight is 589 g/mol. The molecule has 2 rings (SSSR count). The number of thioether (sulfide) groups is 1. The molecule has 0 aliphatic rings. The molecule has 0 aliphatic heterocycles. The molecule has 1 N–H and O–H groups in total. The van der Waals surface area contributed by atoms with Crippen molar-refractivity contribution in [2.75, 3.05) is 34.2 Å². The molecule has 0 fully saturated rings. The van der Waals surface area contributed by atoms with Gasteiger partial charge in [0, 0.05) is 26.2 Å². The molecule has 214 valence electrons. The van der Waals surface area contributed by atoms with E-state index in [0.717, 1.165) is 17.8 Å². The summed E-state index contributed by atoms with van der Waals surface area (Å²) in [6.07, 6.45) is 0.149. The zero-order chi connectivity index (χ0) is 29.9. The van der Waals surface area contributed by atoms with Crippen molar-refractivity contribution in [3.63, 3.8) is 0 Å². The largest absolute Gasteiger partial charge is 0.497 e. The van der Waals surface area contributed by atoms with Gasteiger partial charge < -0.3 is 24.3 Å². The molecular formula is C27H33FN4O6SSi. The first-order valence-corrected chi connectivity index (χ1v) is 17.0. The molecule has 0 atom stereocenters. The molecule has 0 aliphatic carbocycles. The third-order valence-electron chi connectivity index (χ3n) is 5.45. The Morgan fingerprint density at radius 3 is 2.42 bits per heavy atom. The molecule has 40 heavy (non-hydrogen) atoms. The first kappa shape index (κ1) is 32.3. The number of rotatable bonds is 10. The van der Waals surface area contributed by atoms with Crippen molar-refractivity contribution in [2.45, 2.75) is 32.2 Å². The highest BCUT2D eigenvalue weighted by atomic mass is 32.2. The Labute approximate surface area is 238 Å². The number of aliphatic imine (C=N–C) groups is 2. The Morgan fingerprint density at radius 2 is 1.85 bits per heavy atom. The number of hydrogen-bond donors (Lipinski definition) is 1. The van der Waals surface area contributed by atoms with E-state index in [2.05, 4.69) is 45.7 Å². The van der Waals surface area contributed by atoms with Crippen LogP contribution in [0.4, 0.5) is 19.7 Å². The summed E-state index contributed by atoms with van der Waals surface area (Å²) in [6.45, 7) is 6.85. The molecule has 0 radical (unpaired) electrons. The molecule has 13 heteroatoms. The number of alkyl carbamates (subject to hydrolysis) is 1. The molecule has 0 aromatic heterocycles. The zero-order valence-corrected chi connectivity index (χ0v) is 25.4. The van der Waals surface area contributed by atoms with Crippen LogP contribution in [-0.4, -0.2) is 65.2 Å². The van der Waals surface area contributed by atoms with Crippen molar-refractivity contribution in [3.8, 4) is 17.6 Å². The van der Waals surface area contributed by atoms with Gasteiger partial charge in [-0.2, -0.15) is 10.3 Å². The van der Waals surface area contributed by atoms with E-state index in [1.54, 1.807) is 18.4 Å². The highest BCUT2D eigenvalue weighted by molar-refractivity contribution is 8.15. The molecule has 0 unspecified atom stereocenters. The lowest BCUT2D eigenvalue weighted by Crippen LogP contribution is -2.27. The normalized spacial score (nSPS) is 11.9. The van der Waals surface area contributed by atoms with Crippen LogP contribution in [0.2, 0.25) is 25.7 Å². The molecule has 0 bridgehead atoms. The van der Waals surface area contributed by atoms with Crippen LogP contribution in [0, 0.1) is 17.1 Å². The van der Waals surface area contributed by atoms with E-state index in [0.29, 0.717) is 23.4 Å². The summed E-state index contributed by atoms with van der Waals surface area (Å²) in [5, 5.41) is 12.3. The molecule has 0 saturated carbocycles. The van der Waals surface area contributed by atoms with Gasteiger partial charge in [-0.1, -0.05) is 19.6 Å². The van der Waals surface area contributed by atoms with Crippen LogP contribution >= 0.6 is 11.8 Å². The van der Waals surface area contributed by atoms with Crippen molar-refractivity contribution >= 4 is 48.5 Å². The van der Waals surface area contributed by atoms with Gasteiger partial charge in [-0.05, 0) is 42.1 Å². The predicted molar refractivity (Wildman–Crippen MR) is 157 cm³/mol. The third kappa shape index (κ3) is 9.39. The third-order valence-corrected chi connectivity index (χ3v) is 7.82. The number of hydrogen-bond acceptors (Lipinski definition) is 9. The summed E-state index contributed by atoms with van der Waals surface area (Å²) in [4.78, 5) is 32.7. The average Bonchev–Trinajstić information content (AvgIpc) is 2.93. The molecular weight excluding hydrogens is 555 g/mol. The van der Waals surface area contributed by atoms with E-state index in [9.17, 15) is 14.9 Å². The highest BCUT2D eigenvalue weighted by Gasteiger charge is 2.22. The Morgan fingerprint density at radius 1 is 1.12 bits per heavy atom. The van der Waals surface area contributed by atoms with Gasteiger partial charge in [0.15, 0.2) is 11.6 Å². The van der Waals surface area contributed by atoms with Crippen LogP contribution < -0.4 is 14.8 Å². The molecule has 2 aromatic carbocycles. The number of halogens is 1. The summed E-state index contributed by atoms with van der Waals surface area (Å²) >= 11 is 1.05. The number of benzene rings is 2. The quantitative estimate of drug-likeness (QED) is 0.205. The second kappa shape index (κ2) is 15.0. The van der Waals surface area contributed by atoms with E-state index < -0.39 is 26.1 Å². The Hall–Kier alpha value is -3.89. The standard InChI is InChI=1S/C27H33FN4O6SSi/c1-35-20-13-21(23(28)22(14-20)36-2)24(25(39-4)32-27(34)37-3)31-19-9-8-17(15-29)18(12-19)16-30-26(33)38-10-11-40(5,6)7/h8-9,12-14H,10-11,16H2,1-7H3,(H,30,33)/b31-24?,32-25-. The maximum absolute atomic E-state index is 15.5. The van der Waals surface area contributed by atoms with E-state index in [1.165, 1.54) is 39.5 Å². The first-order chi connectivity index (χ1) is 19.0. The van der Waals surface area contributed by atoms with E-state index in [4.69, 9.17) is 14.2 Å². The Balaban J connectivity index is 2.56. The van der Waals surface area contributed by atoms with Crippen molar-refractivity contribution in [1.82, 2.24) is 5.32 Å². The number of nitriles is 1. The van der Waals surface area contributed by atoms with Crippen molar-refractivity contribution in [2.24, 2.45) is 9.98 Å². The monoisotopic (exact) mass is 588 g/mol. The lowest BCUT2D eigenvalue weighted by atomic mass is 10.1. The molecule has 0 saturated heterocycles. The van der Waals surface area contributed by atoms with Gasteiger partial charge in [0.1, 0.15) is 16.5 Å². The fourth-order valence-electron chi connectivity index (χ4n) is 3.26. The molecule has 10 nitrogen and oxygen atoms in total. The summed E-state index contributed by atoms with van der Waals surface area (Å²) in [5.41, 5.74) is 1.05. The summed E-state index contributed by atoms with van der Waals surface area (Å²) in [7, 11) is 2.54. The maximum Gasteiger partial charge on any atom is 0.434 e. The topological polar surface area (TPSA) is 132 Å². The van der Waals surface area contributed by atoms with Gasteiger partial charge in [0.2, 0.25) is 0 Å². The minimum absolute atomic E-state index is 0.000342. The number of amides is 2. The summed E-state index contributed by atoms with van der Waals surface area (Å²) in [6, 6.07) is 10.4. The van der Waals surface area contributed by atoms with Crippen LogP contribution in [0.3, 0.4) is 0 Å². The van der Waals surface area contributed by atoms with Crippen LogP contribution in [0.15, 0.2) is 40.3 Å². The number of ether oxygens (including phenoxy) is 4. The fraction of sp³-hybridized carbons (Fsp3) is 0.370. The zero-order valence-electron chi connectivity index (χ0n) is 23.6. The van der Waals surface area contributed by atoms with Gasteiger partial charge in [0.05, 0.1) is 45.3 Å². The smallest absolute Gasteiger partial charge is 0.434 e. The van der Waals surface area contributed by atoms with Gasteiger partial charge in [-0.15, -0.1) is 11.8 Å². The molecule has 0 heterocycles. The van der Waals surface area contributed by atoms with E-state index in [1.807, 2.05) is 0 Å². The van der Waals surface area contributed by atoms with Crippen LogP contribution in [0.25, 0.3) is 0 Å². The minimum Gasteiger partial charge on any atom is -0.497 e. The van der Waals surface area contributed by atoms with Crippen molar-refractivity contribution in [1.29, 1.82) is 5.26 Å². The molecule has 0 spiro atoms. The van der Waals surface area contributed by atoms with E-state index >= 15 is 4.39 Å². The van der Waals surface area contributed by atoms with Gasteiger partial charge in [0.25, 0.3) is 0 Å². The number of carbonyl (C=O) groups excluding carboxylic acids is 2. The second-order valence-electron chi connectivity index (χ2n) is 9.50. The Bertz CT molecular complexity index is 1340. The highest BCUT2D eigenvalue weighted by Crippen LogP contribution is 2.30. The van der Waals surface area contributed by atoms with Crippen molar-refractivity contribution < 1.29 is 32.9 Å². The summed E-state index contributed by atoms with van der Waals surface area (Å²) in [5.74, 6) is -0.556. The second-order valence-corrected chi connectivity index (χ2v) is 15.9. The van der Waals surface area contributed by atoms with Crippen LogP contribution in [0.1, 0.15) is 16.7 Å². The molecule has 2 amide bonds. The van der Waals surface area contributed by atoms with Crippen LogP contribution in [-0.2, 0) is 16.0 Å². The number of nitrogens with one attached hydrogen (secondary N) is 1. The fourth-order valence-corrected chi connectivity index (χ4v) is 4.49. The first-order valence-electron chi connectivity index (χ1n) is 12.1. The summed E-state index contributed by atoms with van der Waals surface area (Å²) < 4.78 is 35.9. The van der Waals surface area contributed by atoms with Gasteiger partial charge in [-0.25, -0.2) is 19.0 Å². The van der Waals surface area contributed by atoms with Gasteiger partial charge in [-0.3, -0.25) is 0 Å². The SMILES string of the molecule is COC(=O)/N=C(\SC)C(=Nc1ccc(C#N)c(CNC(=O)OCC[Si](C)(C)C)c1)c1cc(OC)cc(OC)c1F. The molecule has 2 aromatic rings. The number of methoxy groups -OCH3 is 3.